The standard InChI is InChI=1S/C30H26F3N5O2/c31-30(32,33)25-9-3-4-10-26(25)37-29(40)36-23-11-12-27(38-15-13-21-7-1-2-8-22(21)19-38)24(16-23)28(39)35-18-20-6-5-14-34-17-20/h1-12,14,16-17H,13,15,18-19H2,(H,35,39)(H2,36,37,40). The van der Waals surface area contributed by atoms with E-state index in [1.807, 2.05) is 18.2 Å². The normalized spacial score (nSPS) is 12.8. The summed E-state index contributed by atoms with van der Waals surface area (Å²) in [6, 6.07) is 20.5. The van der Waals surface area contributed by atoms with Gasteiger partial charge in [-0.25, -0.2) is 4.79 Å². The van der Waals surface area contributed by atoms with E-state index in [1.54, 1.807) is 30.6 Å². The highest BCUT2D eigenvalue weighted by Crippen LogP contribution is 2.35. The first kappa shape index (κ1) is 26.7. The monoisotopic (exact) mass is 545 g/mol. The van der Waals surface area contributed by atoms with Crippen LogP contribution in [0.25, 0.3) is 0 Å². The Morgan fingerprint density at radius 2 is 1.68 bits per heavy atom. The summed E-state index contributed by atoms with van der Waals surface area (Å²) in [5.74, 6) is -0.357. The molecule has 0 aliphatic carbocycles. The number of carbonyl (C=O) groups is 2. The Kier molecular flexibility index (Phi) is 7.68. The third-order valence-corrected chi connectivity index (χ3v) is 6.63. The van der Waals surface area contributed by atoms with Crippen LogP contribution < -0.4 is 20.9 Å². The van der Waals surface area contributed by atoms with Gasteiger partial charge in [0.2, 0.25) is 0 Å². The zero-order valence-corrected chi connectivity index (χ0v) is 21.3. The van der Waals surface area contributed by atoms with E-state index in [4.69, 9.17) is 0 Å². The Bertz CT molecular complexity index is 1530. The lowest BCUT2D eigenvalue weighted by atomic mass is 9.98. The predicted octanol–water partition coefficient (Wildman–Crippen LogP) is 6.24. The molecule has 0 fully saturated rings. The van der Waals surface area contributed by atoms with E-state index in [9.17, 15) is 22.8 Å². The number of nitrogens with one attached hydrogen (secondary N) is 3. The van der Waals surface area contributed by atoms with E-state index >= 15 is 0 Å². The highest BCUT2D eigenvalue weighted by Gasteiger charge is 2.33. The largest absolute Gasteiger partial charge is 0.418 e. The molecule has 0 spiro atoms. The molecule has 204 valence electrons. The summed E-state index contributed by atoms with van der Waals surface area (Å²) < 4.78 is 40.1. The number of alkyl halides is 3. The number of pyridine rings is 1. The molecule has 3 N–H and O–H groups in total. The van der Waals surface area contributed by atoms with Gasteiger partial charge in [-0.05, 0) is 59.5 Å². The molecule has 3 aromatic carbocycles. The van der Waals surface area contributed by atoms with Gasteiger partial charge in [-0.3, -0.25) is 9.78 Å². The van der Waals surface area contributed by atoms with Gasteiger partial charge in [-0.1, -0.05) is 42.5 Å². The number of fused-ring (bicyclic) bond motifs is 1. The fourth-order valence-electron chi connectivity index (χ4n) is 4.68. The average molecular weight is 546 g/mol. The fraction of sp³-hybridized carbons (Fsp3) is 0.167. The number of aromatic nitrogens is 1. The van der Waals surface area contributed by atoms with E-state index in [-0.39, 0.29) is 23.8 Å². The van der Waals surface area contributed by atoms with E-state index in [0.29, 0.717) is 24.3 Å². The average Bonchev–Trinajstić information content (AvgIpc) is 2.96. The number of carbonyl (C=O) groups excluding carboxylic acids is 2. The maximum absolute atomic E-state index is 13.4. The molecule has 0 bridgehead atoms. The van der Waals surface area contributed by atoms with Crippen molar-refractivity contribution in [2.45, 2.75) is 25.7 Å². The van der Waals surface area contributed by atoms with Crippen LogP contribution in [-0.2, 0) is 25.7 Å². The number of anilines is 3. The Balaban J connectivity index is 1.39. The van der Waals surface area contributed by atoms with E-state index in [0.717, 1.165) is 18.1 Å². The predicted molar refractivity (Wildman–Crippen MR) is 147 cm³/mol. The molecule has 0 atom stereocenters. The van der Waals surface area contributed by atoms with Crippen molar-refractivity contribution in [1.29, 1.82) is 0 Å². The van der Waals surface area contributed by atoms with Crippen LogP contribution in [0.5, 0.6) is 0 Å². The lowest BCUT2D eigenvalue weighted by Crippen LogP contribution is -2.33. The number of hydrogen-bond donors (Lipinski definition) is 3. The summed E-state index contributed by atoms with van der Waals surface area (Å²) in [4.78, 5) is 32.2. The summed E-state index contributed by atoms with van der Waals surface area (Å²) in [6.45, 7) is 1.56. The number of benzene rings is 3. The Hall–Kier alpha value is -4.86. The van der Waals surface area contributed by atoms with Crippen molar-refractivity contribution >= 4 is 29.0 Å². The highest BCUT2D eigenvalue weighted by atomic mass is 19.4. The summed E-state index contributed by atoms with van der Waals surface area (Å²) in [5.41, 5.74) is 3.20. The minimum Gasteiger partial charge on any atom is -0.366 e. The van der Waals surface area contributed by atoms with Crippen LogP contribution in [0.15, 0.2) is 91.3 Å². The van der Waals surface area contributed by atoms with Crippen molar-refractivity contribution < 1.29 is 22.8 Å². The lowest BCUT2D eigenvalue weighted by molar-refractivity contribution is -0.136. The first-order valence-electron chi connectivity index (χ1n) is 12.6. The maximum Gasteiger partial charge on any atom is 0.418 e. The van der Waals surface area contributed by atoms with Crippen molar-refractivity contribution in [3.05, 3.63) is 119 Å². The molecule has 40 heavy (non-hydrogen) atoms. The highest BCUT2D eigenvalue weighted by molar-refractivity contribution is 6.04. The van der Waals surface area contributed by atoms with Gasteiger partial charge in [-0.2, -0.15) is 13.2 Å². The molecule has 10 heteroatoms. The number of rotatable bonds is 6. The number of halogens is 3. The summed E-state index contributed by atoms with van der Waals surface area (Å²) in [7, 11) is 0. The molecule has 1 aromatic heterocycles. The van der Waals surface area contributed by atoms with Crippen LogP contribution in [0, 0.1) is 0 Å². The molecule has 0 saturated heterocycles. The van der Waals surface area contributed by atoms with Crippen molar-refractivity contribution in [2.75, 3.05) is 22.1 Å². The van der Waals surface area contributed by atoms with Gasteiger partial charge >= 0.3 is 12.2 Å². The Morgan fingerprint density at radius 1 is 0.900 bits per heavy atom. The number of para-hydroxylation sites is 1. The fourth-order valence-corrected chi connectivity index (χ4v) is 4.68. The van der Waals surface area contributed by atoms with Crippen LogP contribution in [0.2, 0.25) is 0 Å². The molecule has 0 saturated carbocycles. The SMILES string of the molecule is O=C(Nc1ccc(N2CCc3ccccc3C2)c(C(=O)NCc2cccnc2)c1)Nc1ccccc1C(F)(F)F. The van der Waals surface area contributed by atoms with Crippen LogP contribution in [0.4, 0.5) is 35.0 Å². The van der Waals surface area contributed by atoms with E-state index < -0.39 is 17.8 Å². The van der Waals surface area contributed by atoms with Gasteiger partial charge in [0.1, 0.15) is 0 Å². The quantitative estimate of drug-likeness (QED) is 0.268. The van der Waals surface area contributed by atoms with Gasteiger partial charge in [-0.15, -0.1) is 0 Å². The van der Waals surface area contributed by atoms with Gasteiger partial charge in [0.05, 0.1) is 16.8 Å². The van der Waals surface area contributed by atoms with Gasteiger partial charge < -0.3 is 20.9 Å². The second-order valence-corrected chi connectivity index (χ2v) is 9.34. The molecular formula is C30H26F3N5O2. The Labute approximate surface area is 229 Å². The maximum atomic E-state index is 13.4. The summed E-state index contributed by atoms with van der Waals surface area (Å²) in [5, 5.41) is 7.72. The molecule has 1 aliphatic heterocycles. The zero-order chi connectivity index (χ0) is 28.1. The third kappa shape index (κ3) is 6.23. The first-order valence-corrected chi connectivity index (χ1v) is 12.6. The number of hydrogen-bond acceptors (Lipinski definition) is 4. The summed E-state index contributed by atoms with van der Waals surface area (Å²) >= 11 is 0. The molecule has 1 aliphatic rings. The number of urea groups is 1. The van der Waals surface area contributed by atoms with E-state index in [2.05, 4.69) is 38.0 Å². The molecule has 7 nitrogen and oxygen atoms in total. The molecule has 0 radical (unpaired) electrons. The minimum atomic E-state index is -4.63. The van der Waals surface area contributed by atoms with Gasteiger partial charge in [0, 0.05) is 43.4 Å². The zero-order valence-electron chi connectivity index (χ0n) is 21.3. The van der Waals surface area contributed by atoms with Gasteiger partial charge in [0.15, 0.2) is 0 Å². The van der Waals surface area contributed by atoms with Crippen molar-refractivity contribution in [3.8, 4) is 0 Å². The van der Waals surface area contributed by atoms with Crippen LogP contribution in [-0.4, -0.2) is 23.5 Å². The second kappa shape index (κ2) is 11.5. The van der Waals surface area contributed by atoms with Crippen LogP contribution in [0.1, 0.15) is 32.6 Å². The molecule has 4 aromatic rings. The molecule has 3 amide bonds. The third-order valence-electron chi connectivity index (χ3n) is 6.63. The van der Waals surface area contributed by atoms with Crippen LogP contribution >= 0.6 is 0 Å². The van der Waals surface area contributed by atoms with Crippen LogP contribution in [0.3, 0.4) is 0 Å². The lowest BCUT2D eigenvalue weighted by Gasteiger charge is -2.32. The topological polar surface area (TPSA) is 86.4 Å². The second-order valence-electron chi connectivity index (χ2n) is 9.34. The minimum absolute atomic E-state index is 0.251. The van der Waals surface area contributed by atoms with E-state index in [1.165, 1.54) is 35.4 Å². The molecular weight excluding hydrogens is 519 g/mol. The molecule has 2 heterocycles. The number of amides is 3. The van der Waals surface area contributed by atoms with Gasteiger partial charge in [0.25, 0.3) is 5.91 Å². The Morgan fingerprint density at radius 3 is 2.45 bits per heavy atom. The van der Waals surface area contributed by atoms with Crippen molar-refractivity contribution in [3.63, 3.8) is 0 Å². The van der Waals surface area contributed by atoms with Crippen molar-refractivity contribution in [1.82, 2.24) is 10.3 Å². The summed E-state index contributed by atoms with van der Waals surface area (Å²) in [6.07, 6.45) is -0.513. The molecule has 5 rings (SSSR count). The van der Waals surface area contributed by atoms with Crippen molar-refractivity contribution in [2.24, 2.45) is 0 Å². The molecule has 0 unspecified atom stereocenters. The number of nitrogens with zero attached hydrogens (tertiary/aromatic N) is 2. The smallest absolute Gasteiger partial charge is 0.366 e. The first-order chi connectivity index (χ1) is 19.3.